The predicted octanol–water partition coefficient (Wildman–Crippen LogP) is 1.30. The highest BCUT2D eigenvalue weighted by atomic mass is 16.3. The molecule has 1 fully saturated rings. The lowest BCUT2D eigenvalue weighted by molar-refractivity contribution is -0.900. The second-order valence-electron chi connectivity index (χ2n) is 6.99. The number of aryl methyl sites for hydroxylation is 1. The van der Waals surface area contributed by atoms with Crippen LogP contribution in [-0.2, 0) is 0 Å². The second kappa shape index (κ2) is 7.40. The molecule has 1 aliphatic rings. The maximum absolute atomic E-state index is 9.14. The van der Waals surface area contributed by atoms with Crippen LogP contribution in [0.15, 0.2) is 48.5 Å². The fraction of sp³-hybridized carbons (Fsp3) is 0.333. The Hall–Kier alpha value is -2.50. The van der Waals surface area contributed by atoms with Gasteiger partial charge in [0.15, 0.2) is 5.82 Å². The normalized spacial score (nSPS) is 15.5. The average Bonchev–Trinajstić information content (AvgIpc) is 2.69. The number of anilines is 1. The summed E-state index contributed by atoms with van der Waals surface area (Å²) < 4.78 is 0. The summed E-state index contributed by atoms with van der Waals surface area (Å²) in [5.74, 6) is 0.972. The first kappa shape index (κ1) is 16.9. The van der Waals surface area contributed by atoms with E-state index < -0.39 is 0 Å². The molecule has 2 N–H and O–H groups in total. The Labute approximate surface area is 153 Å². The van der Waals surface area contributed by atoms with Gasteiger partial charge in [0.25, 0.3) is 0 Å². The number of hydrogen-bond donors (Lipinski definition) is 2. The number of benzene rings is 2. The molecule has 1 aromatic heterocycles. The van der Waals surface area contributed by atoms with Crippen molar-refractivity contribution >= 4 is 16.6 Å². The largest absolute Gasteiger partial charge is 0.391 e. The number of fused-ring (bicyclic) bond motifs is 1. The van der Waals surface area contributed by atoms with Gasteiger partial charge in [0.1, 0.15) is 12.2 Å². The van der Waals surface area contributed by atoms with Crippen LogP contribution in [0.5, 0.6) is 0 Å². The summed E-state index contributed by atoms with van der Waals surface area (Å²) in [6, 6.07) is 16.9. The van der Waals surface area contributed by atoms with Crippen LogP contribution in [0.3, 0.4) is 0 Å². The third-order valence-corrected chi connectivity index (χ3v) is 5.23. The standard InChI is InChI=1S/C21H24N4O/c1-16-6-8-17(9-7-16)20-18-4-2-3-5-19(18)21(23-22-20)25-12-10-24(11-13-25)14-15-26/h2-9,26H,10-15H2,1H3/p+1. The summed E-state index contributed by atoms with van der Waals surface area (Å²) in [4.78, 5) is 3.78. The topological polar surface area (TPSA) is 53.7 Å². The molecule has 5 nitrogen and oxygen atoms in total. The van der Waals surface area contributed by atoms with Gasteiger partial charge in [-0.05, 0) is 6.92 Å². The number of quaternary nitrogens is 1. The van der Waals surface area contributed by atoms with Gasteiger partial charge in [0, 0.05) is 16.3 Å². The van der Waals surface area contributed by atoms with Gasteiger partial charge in [-0.1, -0.05) is 54.1 Å². The second-order valence-corrected chi connectivity index (χ2v) is 6.99. The highest BCUT2D eigenvalue weighted by Crippen LogP contribution is 2.31. The van der Waals surface area contributed by atoms with Crippen LogP contribution < -0.4 is 9.80 Å². The van der Waals surface area contributed by atoms with Crippen molar-refractivity contribution in [3.63, 3.8) is 0 Å². The third kappa shape index (κ3) is 3.28. The minimum Gasteiger partial charge on any atom is -0.391 e. The Bertz CT molecular complexity index is 886. The number of nitrogens with one attached hydrogen (secondary N) is 1. The summed E-state index contributed by atoms with van der Waals surface area (Å²) in [6.45, 7) is 7.10. The van der Waals surface area contributed by atoms with E-state index in [1.54, 1.807) is 0 Å². The molecule has 0 unspecified atom stereocenters. The van der Waals surface area contributed by atoms with Crippen molar-refractivity contribution in [1.82, 2.24) is 10.2 Å². The van der Waals surface area contributed by atoms with Crippen LogP contribution in [-0.4, -0.2) is 54.6 Å². The molecule has 0 bridgehead atoms. The molecule has 0 atom stereocenters. The molecule has 4 rings (SSSR count). The van der Waals surface area contributed by atoms with Crippen molar-refractivity contribution in [1.29, 1.82) is 0 Å². The molecule has 1 aliphatic heterocycles. The zero-order chi connectivity index (χ0) is 17.9. The van der Waals surface area contributed by atoms with E-state index >= 15 is 0 Å². The van der Waals surface area contributed by atoms with Crippen molar-refractivity contribution in [3.05, 3.63) is 54.1 Å². The van der Waals surface area contributed by atoms with Gasteiger partial charge in [-0.15, -0.1) is 10.2 Å². The Morgan fingerprint density at radius 2 is 1.65 bits per heavy atom. The van der Waals surface area contributed by atoms with Crippen molar-refractivity contribution in [2.75, 3.05) is 44.2 Å². The third-order valence-electron chi connectivity index (χ3n) is 5.23. The number of aliphatic hydroxyl groups excluding tert-OH is 1. The van der Waals surface area contributed by atoms with Crippen molar-refractivity contribution < 1.29 is 10.0 Å². The monoisotopic (exact) mass is 349 g/mol. The van der Waals surface area contributed by atoms with Crippen molar-refractivity contribution in [2.45, 2.75) is 6.92 Å². The van der Waals surface area contributed by atoms with E-state index in [0.29, 0.717) is 0 Å². The fourth-order valence-electron chi connectivity index (χ4n) is 3.69. The van der Waals surface area contributed by atoms with E-state index in [-0.39, 0.29) is 6.61 Å². The molecule has 0 radical (unpaired) electrons. The van der Waals surface area contributed by atoms with Crippen molar-refractivity contribution in [2.24, 2.45) is 0 Å². The van der Waals surface area contributed by atoms with Gasteiger partial charge in [-0.2, -0.15) is 0 Å². The molecule has 3 aromatic rings. The first-order valence-corrected chi connectivity index (χ1v) is 9.28. The summed E-state index contributed by atoms with van der Waals surface area (Å²) in [5.41, 5.74) is 3.28. The van der Waals surface area contributed by atoms with Crippen LogP contribution >= 0.6 is 0 Å². The van der Waals surface area contributed by atoms with Gasteiger partial charge < -0.3 is 14.9 Å². The SMILES string of the molecule is Cc1ccc(-c2nnc(N3CC[NH+](CCO)CC3)c3ccccc23)cc1. The van der Waals surface area contributed by atoms with E-state index in [1.165, 1.54) is 10.5 Å². The van der Waals surface area contributed by atoms with Crippen LogP contribution in [0.2, 0.25) is 0 Å². The lowest BCUT2D eigenvalue weighted by atomic mass is 10.0. The van der Waals surface area contributed by atoms with E-state index in [2.05, 4.69) is 70.6 Å². The molecule has 2 heterocycles. The molecule has 2 aromatic carbocycles. The zero-order valence-electron chi connectivity index (χ0n) is 15.2. The highest BCUT2D eigenvalue weighted by molar-refractivity contribution is 6.00. The number of aromatic nitrogens is 2. The first-order valence-electron chi connectivity index (χ1n) is 9.28. The Kier molecular flexibility index (Phi) is 4.82. The summed E-state index contributed by atoms with van der Waals surface area (Å²) in [7, 11) is 0. The fourth-order valence-corrected chi connectivity index (χ4v) is 3.69. The van der Waals surface area contributed by atoms with Crippen LogP contribution in [0.4, 0.5) is 5.82 Å². The molecule has 0 amide bonds. The number of nitrogens with zero attached hydrogens (tertiary/aromatic N) is 3. The molecule has 0 saturated carbocycles. The lowest BCUT2D eigenvalue weighted by Gasteiger charge is -2.33. The highest BCUT2D eigenvalue weighted by Gasteiger charge is 2.23. The first-order chi connectivity index (χ1) is 12.8. The number of rotatable bonds is 4. The summed E-state index contributed by atoms with van der Waals surface area (Å²) in [5, 5.41) is 20.7. The molecule has 0 spiro atoms. The molecular weight excluding hydrogens is 324 g/mol. The Morgan fingerprint density at radius 3 is 2.35 bits per heavy atom. The summed E-state index contributed by atoms with van der Waals surface area (Å²) >= 11 is 0. The minimum absolute atomic E-state index is 0.253. The lowest BCUT2D eigenvalue weighted by Crippen LogP contribution is -3.15. The van der Waals surface area contributed by atoms with Gasteiger partial charge in [-0.3, -0.25) is 0 Å². The van der Waals surface area contributed by atoms with Gasteiger partial charge in [0.2, 0.25) is 0 Å². The number of piperazine rings is 1. The van der Waals surface area contributed by atoms with Gasteiger partial charge >= 0.3 is 0 Å². The molecular formula is C21H25N4O+. The maximum atomic E-state index is 9.14. The van der Waals surface area contributed by atoms with Crippen LogP contribution in [0.25, 0.3) is 22.0 Å². The van der Waals surface area contributed by atoms with E-state index in [1.807, 2.05) is 0 Å². The molecule has 1 saturated heterocycles. The summed E-state index contributed by atoms with van der Waals surface area (Å²) in [6.07, 6.45) is 0. The molecule has 134 valence electrons. The molecule has 5 heteroatoms. The van der Waals surface area contributed by atoms with E-state index in [0.717, 1.165) is 60.6 Å². The van der Waals surface area contributed by atoms with Crippen molar-refractivity contribution in [3.8, 4) is 11.3 Å². The van der Waals surface area contributed by atoms with Crippen LogP contribution in [0, 0.1) is 6.92 Å². The average molecular weight is 349 g/mol. The van der Waals surface area contributed by atoms with Gasteiger partial charge in [-0.25, -0.2) is 0 Å². The molecule has 0 aliphatic carbocycles. The smallest absolute Gasteiger partial charge is 0.159 e. The minimum atomic E-state index is 0.253. The van der Waals surface area contributed by atoms with Crippen LogP contribution in [0.1, 0.15) is 5.56 Å². The number of aliphatic hydroxyl groups is 1. The predicted molar refractivity (Wildman–Crippen MR) is 105 cm³/mol. The van der Waals surface area contributed by atoms with E-state index in [4.69, 9.17) is 5.11 Å². The zero-order valence-corrected chi connectivity index (χ0v) is 15.2. The molecule has 26 heavy (non-hydrogen) atoms. The quantitative estimate of drug-likeness (QED) is 0.746. The number of hydrogen-bond acceptors (Lipinski definition) is 4. The maximum Gasteiger partial charge on any atom is 0.159 e. The van der Waals surface area contributed by atoms with Gasteiger partial charge in [0.05, 0.1) is 32.8 Å². The van der Waals surface area contributed by atoms with E-state index in [9.17, 15) is 0 Å². The Morgan fingerprint density at radius 1 is 0.962 bits per heavy atom. The Balaban J connectivity index is 1.70.